The summed E-state index contributed by atoms with van der Waals surface area (Å²) >= 11 is 6.34. The largest absolute Gasteiger partial charge is 0.488 e. The number of pyridine rings is 1. The summed E-state index contributed by atoms with van der Waals surface area (Å²) in [6.45, 7) is 5.65. The Morgan fingerprint density at radius 3 is 2.79 bits per heavy atom. The lowest BCUT2D eigenvalue weighted by Gasteiger charge is -2.31. The molecule has 8 nitrogen and oxygen atoms in total. The Morgan fingerprint density at radius 2 is 2.09 bits per heavy atom. The average Bonchev–Trinajstić information content (AvgIpc) is 3.24. The molecule has 4 rings (SSSR count). The highest BCUT2D eigenvalue weighted by molar-refractivity contribution is 6.35. The van der Waals surface area contributed by atoms with Gasteiger partial charge in [0, 0.05) is 37.0 Å². The summed E-state index contributed by atoms with van der Waals surface area (Å²) in [5.41, 5.74) is 0.550. The Balaban J connectivity index is 1.57. The highest BCUT2D eigenvalue weighted by Crippen LogP contribution is 2.35. The molecule has 9 heteroatoms. The summed E-state index contributed by atoms with van der Waals surface area (Å²) < 4.78 is 17.2. The fourth-order valence-electron chi connectivity index (χ4n) is 4.70. The number of carbonyl (C=O) groups excluding carboxylic acids is 1. The van der Waals surface area contributed by atoms with Gasteiger partial charge in [-0.3, -0.25) is 4.79 Å². The second-order valence-corrected chi connectivity index (χ2v) is 8.99. The molecule has 1 amide bonds. The van der Waals surface area contributed by atoms with Crippen LogP contribution >= 0.6 is 11.6 Å². The molecule has 33 heavy (non-hydrogen) atoms. The van der Waals surface area contributed by atoms with Crippen LogP contribution in [-0.4, -0.2) is 65.4 Å². The van der Waals surface area contributed by atoms with Gasteiger partial charge in [-0.15, -0.1) is 0 Å². The first kappa shape index (κ1) is 23.6. The first-order valence-corrected chi connectivity index (χ1v) is 11.8. The fourth-order valence-corrected chi connectivity index (χ4v) is 4.92. The molecule has 2 saturated heterocycles. The van der Waals surface area contributed by atoms with Crippen molar-refractivity contribution in [1.82, 2.24) is 9.88 Å². The number of likely N-dealkylation sites (tertiary alicyclic amines) is 1. The highest BCUT2D eigenvalue weighted by Gasteiger charge is 2.43. The number of aromatic nitrogens is 1. The van der Waals surface area contributed by atoms with Gasteiger partial charge >= 0.3 is 5.97 Å². The van der Waals surface area contributed by atoms with Crippen molar-refractivity contribution in [1.29, 1.82) is 0 Å². The number of carboxylic acids is 1. The molecule has 0 radical (unpaired) electrons. The van der Waals surface area contributed by atoms with E-state index in [1.807, 2.05) is 19.9 Å². The van der Waals surface area contributed by atoms with E-state index in [1.54, 1.807) is 18.2 Å². The van der Waals surface area contributed by atoms with E-state index in [4.69, 9.17) is 25.8 Å². The van der Waals surface area contributed by atoms with Crippen molar-refractivity contribution in [2.24, 2.45) is 11.8 Å². The normalized spacial score (nSPS) is 22.3. The minimum atomic E-state index is -1.02. The number of hydrogen-bond acceptors (Lipinski definition) is 6. The molecule has 1 N–H and O–H groups in total. The van der Waals surface area contributed by atoms with E-state index in [9.17, 15) is 14.7 Å². The zero-order valence-electron chi connectivity index (χ0n) is 18.8. The van der Waals surface area contributed by atoms with E-state index in [-0.39, 0.29) is 30.7 Å². The monoisotopic (exact) mass is 476 g/mol. The smallest absolute Gasteiger partial charge is 0.326 e. The summed E-state index contributed by atoms with van der Waals surface area (Å²) in [5.74, 6) is -0.349. The van der Waals surface area contributed by atoms with Gasteiger partial charge in [-0.25, -0.2) is 9.78 Å². The molecule has 0 spiro atoms. The van der Waals surface area contributed by atoms with Gasteiger partial charge < -0.3 is 24.2 Å². The van der Waals surface area contributed by atoms with Crippen LogP contribution in [0, 0.1) is 11.8 Å². The Hall–Kier alpha value is -2.58. The molecule has 2 fully saturated rings. The van der Waals surface area contributed by atoms with Crippen molar-refractivity contribution >= 4 is 34.4 Å². The first-order valence-electron chi connectivity index (χ1n) is 11.4. The van der Waals surface area contributed by atoms with Crippen molar-refractivity contribution in [3.63, 3.8) is 0 Å². The summed E-state index contributed by atoms with van der Waals surface area (Å²) in [7, 11) is 0. The minimum Gasteiger partial charge on any atom is -0.488 e. The summed E-state index contributed by atoms with van der Waals surface area (Å²) in [6.07, 6.45) is 1.34. The van der Waals surface area contributed by atoms with Gasteiger partial charge in [-0.05, 0) is 37.8 Å². The molecule has 1 aromatic heterocycles. The molecule has 178 valence electrons. The Kier molecular flexibility index (Phi) is 7.24. The molecule has 3 atom stereocenters. The maximum atomic E-state index is 13.3. The lowest BCUT2D eigenvalue weighted by Crippen LogP contribution is -2.45. The van der Waals surface area contributed by atoms with Crippen LogP contribution in [0.2, 0.25) is 5.02 Å². The minimum absolute atomic E-state index is 0.141. The van der Waals surface area contributed by atoms with Crippen molar-refractivity contribution in [3.8, 4) is 11.6 Å². The number of benzene rings is 1. The lowest BCUT2D eigenvalue weighted by atomic mass is 9.86. The van der Waals surface area contributed by atoms with Gasteiger partial charge in [0.1, 0.15) is 17.9 Å². The maximum Gasteiger partial charge on any atom is 0.326 e. The second kappa shape index (κ2) is 10.1. The first-order chi connectivity index (χ1) is 15.9. The van der Waals surface area contributed by atoms with Crippen molar-refractivity contribution in [2.45, 2.75) is 45.3 Å². The topological polar surface area (TPSA) is 98.2 Å². The molecule has 0 saturated carbocycles. The zero-order chi connectivity index (χ0) is 23.5. The van der Waals surface area contributed by atoms with E-state index in [0.29, 0.717) is 47.4 Å². The number of carbonyl (C=O) groups is 2. The number of aliphatic carboxylic acids is 1. The number of amides is 1. The number of halogens is 1. The van der Waals surface area contributed by atoms with Crippen LogP contribution < -0.4 is 9.47 Å². The molecule has 2 aromatic rings. The van der Waals surface area contributed by atoms with E-state index < -0.39 is 18.1 Å². The third-order valence-electron chi connectivity index (χ3n) is 6.51. The number of hydrogen-bond donors (Lipinski definition) is 1. The number of carboxylic acid groups (broad SMARTS) is 1. The number of nitrogens with zero attached hydrogens (tertiary/aromatic N) is 2. The maximum absolute atomic E-state index is 13.3. The number of ether oxygens (including phenoxy) is 3. The van der Waals surface area contributed by atoms with Crippen LogP contribution in [-0.2, 0) is 14.3 Å². The number of rotatable bonds is 7. The van der Waals surface area contributed by atoms with Gasteiger partial charge in [0.05, 0.1) is 23.7 Å². The lowest BCUT2D eigenvalue weighted by molar-refractivity contribution is -0.151. The van der Waals surface area contributed by atoms with Crippen LogP contribution in [0.4, 0.5) is 0 Å². The zero-order valence-corrected chi connectivity index (χ0v) is 19.6. The second-order valence-electron chi connectivity index (χ2n) is 8.59. The molecule has 0 unspecified atom stereocenters. The highest BCUT2D eigenvalue weighted by atomic mass is 35.5. The van der Waals surface area contributed by atoms with Gasteiger partial charge in [0.2, 0.25) is 11.8 Å². The van der Waals surface area contributed by atoms with E-state index >= 15 is 0 Å². The molecule has 1 aromatic carbocycles. The summed E-state index contributed by atoms with van der Waals surface area (Å²) in [6, 6.07) is 6.16. The SMILES string of the molecule is CCOc1cc(O[C@@H]2C[C@@H](C(=O)O)N(C(=O)[C@@H](C)C3CCOCC3)C2)c2cccc(Cl)c2n1. The Labute approximate surface area is 197 Å². The van der Waals surface area contributed by atoms with Gasteiger partial charge in [0.15, 0.2) is 0 Å². The number of para-hydroxylation sites is 1. The quantitative estimate of drug-likeness (QED) is 0.649. The fraction of sp³-hybridized carbons (Fsp3) is 0.542. The van der Waals surface area contributed by atoms with E-state index in [0.717, 1.165) is 12.8 Å². The molecular formula is C24H29ClN2O6. The van der Waals surface area contributed by atoms with Crippen LogP contribution in [0.1, 0.15) is 33.1 Å². The van der Waals surface area contributed by atoms with Crippen LogP contribution in [0.5, 0.6) is 11.6 Å². The van der Waals surface area contributed by atoms with Crippen molar-refractivity contribution < 1.29 is 28.9 Å². The van der Waals surface area contributed by atoms with Gasteiger partial charge in [-0.1, -0.05) is 24.6 Å². The number of fused-ring (bicyclic) bond motifs is 1. The third kappa shape index (κ3) is 5.01. The Bertz CT molecular complexity index is 1030. The molecule has 0 bridgehead atoms. The van der Waals surface area contributed by atoms with Crippen LogP contribution in [0.15, 0.2) is 24.3 Å². The van der Waals surface area contributed by atoms with Crippen LogP contribution in [0.25, 0.3) is 10.9 Å². The standard InChI is InChI=1S/C24H29ClN2O6/c1-3-32-21-12-20(17-5-4-6-18(25)22(17)26-21)33-16-11-19(24(29)30)27(13-16)23(28)14(2)15-7-9-31-10-8-15/h4-6,12,14-16,19H,3,7-11,13H2,1-2H3,(H,29,30)/t14-,16+,19-/m0/s1. The third-order valence-corrected chi connectivity index (χ3v) is 6.81. The van der Waals surface area contributed by atoms with E-state index in [1.165, 1.54) is 4.90 Å². The van der Waals surface area contributed by atoms with Gasteiger partial charge in [-0.2, -0.15) is 0 Å². The summed E-state index contributed by atoms with van der Waals surface area (Å²) in [5, 5.41) is 11.0. The van der Waals surface area contributed by atoms with Gasteiger partial charge in [0.25, 0.3) is 0 Å². The molecule has 0 aliphatic carbocycles. The molecule has 3 heterocycles. The van der Waals surface area contributed by atoms with Crippen LogP contribution in [0.3, 0.4) is 0 Å². The predicted molar refractivity (Wildman–Crippen MR) is 123 cm³/mol. The summed E-state index contributed by atoms with van der Waals surface area (Å²) in [4.78, 5) is 31.2. The molecular weight excluding hydrogens is 448 g/mol. The molecule has 2 aliphatic rings. The van der Waals surface area contributed by atoms with Crippen molar-refractivity contribution in [2.75, 3.05) is 26.4 Å². The van der Waals surface area contributed by atoms with Crippen molar-refractivity contribution in [3.05, 3.63) is 29.3 Å². The molecule has 2 aliphatic heterocycles. The predicted octanol–water partition coefficient (Wildman–Crippen LogP) is 3.78. The van der Waals surface area contributed by atoms with E-state index in [2.05, 4.69) is 4.98 Å². The average molecular weight is 477 g/mol. The Morgan fingerprint density at radius 1 is 1.33 bits per heavy atom.